The molecule has 2 heterocycles. The highest BCUT2D eigenvalue weighted by Crippen LogP contribution is 2.28. The van der Waals surface area contributed by atoms with Gasteiger partial charge in [-0.2, -0.15) is 0 Å². The summed E-state index contributed by atoms with van der Waals surface area (Å²) in [6.45, 7) is 6.10. The Hall–Kier alpha value is -0.610. The van der Waals surface area contributed by atoms with Gasteiger partial charge < -0.3 is 15.3 Å². The van der Waals surface area contributed by atoms with E-state index in [2.05, 4.69) is 12.2 Å². The Morgan fingerprint density at radius 3 is 2.71 bits per heavy atom. The SMILES string of the molecule is CCC1(C(=O)N2CCCC(C)(O)C2)CCCN1. The highest BCUT2D eigenvalue weighted by atomic mass is 16.3. The number of carbonyl (C=O) groups is 1. The van der Waals surface area contributed by atoms with Crippen molar-refractivity contribution >= 4 is 5.91 Å². The number of hydrogen-bond acceptors (Lipinski definition) is 3. The number of piperidine rings is 1. The van der Waals surface area contributed by atoms with Crippen molar-refractivity contribution in [2.45, 2.75) is 57.1 Å². The van der Waals surface area contributed by atoms with Crippen molar-refractivity contribution in [3.05, 3.63) is 0 Å². The molecule has 98 valence electrons. The second kappa shape index (κ2) is 4.58. The van der Waals surface area contributed by atoms with Gasteiger partial charge in [-0.3, -0.25) is 4.79 Å². The van der Waals surface area contributed by atoms with Gasteiger partial charge in [0.2, 0.25) is 5.91 Å². The lowest BCUT2D eigenvalue weighted by Crippen LogP contribution is -2.59. The van der Waals surface area contributed by atoms with E-state index in [-0.39, 0.29) is 11.4 Å². The first-order valence-electron chi connectivity index (χ1n) is 6.76. The van der Waals surface area contributed by atoms with Gasteiger partial charge in [-0.25, -0.2) is 0 Å². The molecule has 2 rings (SSSR count). The van der Waals surface area contributed by atoms with Crippen molar-refractivity contribution in [1.82, 2.24) is 10.2 Å². The minimum atomic E-state index is -0.707. The van der Waals surface area contributed by atoms with Gasteiger partial charge in [-0.1, -0.05) is 6.92 Å². The third kappa shape index (κ3) is 2.47. The highest BCUT2D eigenvalue weighted by molar-refractivity contribution is 5.87. The molecule has 2 saturated heterocycles. The summed E-state index contributed by atoms with van der Waals surface area (Å²) < 4.78 is 0. The maximum atomic E-state index is 12.6. The van der Waals surface area contributed by atoms with Crippen LogP contribution in [-0.4, -0.2) is 46.7 Å². The number of β-amino-alcohol motifs (C(OH)–C–C–N with tert-alkyl or cyclic N) is 1. The van der Waals surface area contributed by atoms with Crippen LogP contribution in [-0.2, 0) is 4.79 Å². The van der Waals surface area contributed by atoms with Gasteiger partial charge in [-0.05, 0) is 45.6 Å². The molecule has 4 heteroatoms. The predicted molar refractivity (Wildman–Crippen MR) is 66.7 cm³/mol. The average Bonchev–Trinajstić information content (AvgIpc) is 2.76. The Bertz CT molecular complexity index is 296. The van der Waals surface area contributed by atoms with Crippen LogP contribution in [0.4, 0.5) is 0 Å². The summed E-state index contributed by atoms with van der Waals surface area (Å²) in [6.07, 6.45) is 4.54. The van der Waals surface area contributed by atoms with E-state index in [1.165, 1.54) is 0 Å². The molecule has 2 aliphatic heterocycles. The fraction of sp³-hybridized carbons (Fsp3) is 0.923. The molecule has 2 aliphatic rings. The van der Waals surface area contributed by atoms with E-state index in [1.807, 2.05) is 11.8 Å². The van der Waals surface area contributed by atoms with E-state index < -0.39 is 5.60 Å². The summed E-state index contributed by atoms with van der Waals surface area (Å²) >= 11 is 0. The molecule has 17 heavy (non-hydrogen) atoms. The van der Waals surface area contributed by atoms with Crippen LogP contribution < -0.4 is 5.32 Å². The van der Waals surface area contributed by atoms with Gasteiger partial charge in [0, 0.05) is 13.1 Å². The van der Waals surface area contributed by atoms with Gasteiger partial charge >= 0.3 is 0 Å². The zero-order chi connectivity index (χ0) is 12.5. The van der Waals surface area contributed by atoms with Gasteiger partial charge in [0.15, 0.2) is 0 Å². The Morgan fingerprint density at radius 1 is 1.41 bits per heavy atom. The van der Waals surface area contributed by atoms with Crippen LogP contribution in [0.15, 0.2) is 0 Å². The fourth-order valence-electron chi connectivity index (χ4n) is 3.14. The molecule has 0 aromatic carbocycles. The topological polar surface area (TPSA) is 52.6 Å². The maximum Gasteiger partial charge on any atom is 0.242 e. The Labute approximate surface area is 103 Å². The third-order valence-corrected chi connectivity index (χ3v) is 4.22. The molecule has 0 radical (unpaired) electrons. The van der Waals surface area contributed by atoms with Gasteiger partial charge in [0.05, 0.1) is 11.1 Å². The van der Waals surface area contributed by atoms with E-state index >= 15 is 0 Å². The smallest absolute Gasteiger partial charge is 0.242 e. The number of hydrogen-bond donors (Lipinski definition) is 2. The van der Waals surface area contributed by atoms with Crippen LogP contribution >= 0.6 is 0 Å². The molecule has 0 spiro atoms. The Balaban J connectivity index is 2.08. The van der Waals surface area contributed by atoms with Crippen molar-refractivity contribution in [1.29, 1.82) is 0 Å². The van der Waals surface area contributed by atoms with Crippen LogP contribution in [0.2, 0.25) is 0 Å². The molecule has 2 fully saturated rings. The van der Waals surface area contributed by atoms with Gasteiger partial charge in [-0.15, -0.1) is 0 Å². The number of likely N-dealkylation sites (tertiary alicyclic amines) is 1. The molecule has 2 atom stereocenters. The number of amides is 1. The van der Waals surface area contributed by atoms with Crippen molar-refractivity contribution in [2.75, 3.05) is 19.6 Å². The second-order valence-electron chi connectivity index (χ2n) is 5.79. The molecule has 0 bridgehead atoms. The predicted octanol–water partition coefficient (Wildman–Crippen LogP) is 0.892. The third-order valence-electron chi connectivity index (χ3n) is 4.22. The average molecular weight is 240 g/mol. The summed E-state index contributed by atoms with van der Waals surface area (Å²) in [4.78, 5) is 14.4. The molecular formula is C13H24N2O2. The van der Waals surface area contributed by atoms with Crippen LogP contribution in [0.5, 0.6) is 0 Å². The molecule has 0 aromatic heterocycles. The lowest BCUT2D eigenvalue weighted by atomic mass is 9.89. The van der Waals surface area contributed by atoms with Crippen LogP contribution in [0, 0.1) is 0 Å². The molecule has 0 aliphatic carbocycles. The normalized spacial score (nSPS) is 38.4. The summed E-state index contributed by atoms with van der Waals surface area (Å²) in [5.41, 5.74) is -1.06. The minimum Gasteiger partial charge on any atom is -0.388 e. The molecular weight excluding hydrogens is 216 g/mol. The Morgan fingerprint density at radius 2 is 2.18 bits per heavy atom. The zero-order valence-electron chi connectivity index (χ0n) is 11.0. The number of nitrogens with one attached hydrogen (secondary N) is 1. The lowest BCUT2D eigenvalue weighted by molar-refractivity contribution is -0.144. The largest absolute Gasteiger partial charge is 0.388 e. The Kier molecular flexibility index (Phi) is 3.46. The number of rotatable bonds is 2. The van der Waals surface area contributed by atoms with Crippen LogP contribution in [0.3, 0.4) is 0 Å². The van der Waals surface area contributed by atoms with Crippen molar-refractivity contribution in [3.63, 3.8) is 0 Å². The highest BCUT2D eigenvalue weighted by Gasteiger charge is 2.43. The number of carbonyl (C=O) groups excluding carboxylic acids is 1. The van der Waals surface area contributed by atoms with Crippen molar-refractivity contribution < 1.29 is 9.90 Å². The van der Waals surface area contributed by atoms with E-state index in [0.29, 0.717) is 6.54 Å². The van der Waals surface area contributed by atoms with E-state index in [0.717, 1.165) is 45.2 Å². The zero-order valence-corrected chi connectivity index (χ0v) is 11.0. The molecule has 0 aromatic rings. The van der Waals surface area contributed by atoms with E-state index in [9.17, 15) is 9.90 Å². The van der Waals surface area contributed by atoms with E-state index in [1.54, 1.807) is 0 Å². The summed E-state index contributed by atoms with van der Waals surface area (Å²) in [6, 6.07) is 0. The molecule has 4 nitrogen and oxygen atoms in total. The monoisotopic (exact) mass is 240 g/mol. The number of nitrogens with zero attached hydrogens (tertiary/aromatic N) is 1. The van der Waals surface area contributed by atoms with Crippen molar-refractivity contribution in [3.8, 4) is 0 Å². The van der Waals surface area contributed by atoms with Gasteiger partial charge in [0.25, 0.3) is 0 Å². The van der Waals surface area contributed by atoms with E-state index in [4.69, 9.17) is 0 Å². The second-order valence-corrected chi connectivity index (χ2v) is 5.79. The standard InChI is InChI=1S/C13H24N2O2/c1-3-13(7-4-8-14-13)11(16)15-9-5-6-12(2,17)10-15/h14,17H,3-10H2,1-2H3. The first kappa shape index (κ1) is 12.8. The summed E-state index contributed by atoms with van der Waals surface area (Å²) in [5, 5.41) is 13.5. The molecule has 0 saturated carbocycles. The van der Waals surface area contributed by atoms with Crippen molar-refractivity contribution in [2.24, 2.45) is 0 Å². The summed E-state index contributed by atoms with van der Waals surface area (Å²) in [7, 11) is 0. The lowest BCUT2D eigenvalue weighted by Gasteiger charge is -2.41. The fourth-order valence-corrected chi connectivity index (χ4v) is 3.14. The van der Waals surface area contributed by atoms with Crippen LogP contribution in [0.1, 0.15) is 46.0 Å². The molecule has 2 unspecified atom stereocenters. The first-order valence-corrected chi connectivity index (χ1v) is 6.76. The molecule has 2 N–H and O–H groups in total. The summed E-state index contributed by atoms with van der Waals surface area (Å²) in [5.74, 6) is 0.192. The van der Waals surface area contributed by atoms with Gasteiger partial charge in [0.1, 0.15) is 0 Å². The minimum absolute atomic E-state index is 0.192. The quantitative estimate of drug-likeness (QED) is 0.754. The first-order chi connectivity index (χ1) is 7.99. The molecule has 1 amide bonds. The maximum absolute atomic E-state index is 12.6. The van der Waals surface area contributed by atoms with Crippen LogP contribution in [0.25, 0.3) is 0 Å². The number of aliphatic hydroxyl groups is 1.